The first-order chi connectivity index (χ1) is 10.6. The molecule has 1 aromatic carbocycles. The van der Waals surface area contributed by atoms with Crippen molar-refractivity contribution in [3.63, 3.8) is 0 Å². The van der Waals surface area contributed by atoms with E-state index in [9.17, 15) is 4.79 Å². The number of amides is 1. The van der Waals surface area contributed by atoms with Gasteiger partial charge in [-0.3, -0.25) is 9.78 Å². The Balaban J connectivity index is 2.12. The Bertz CT molecular complexity index is 703. The fraction of sp³-hybridized carbons (Fsp3) is 0.444. The third-order valence-corrected chi connectivity index (χ3v) is 4.21. The molecule has 1 amide bonds. The maximum atomic E-state index is 13.0. The van der Waals surface area contributed by atoms with Gasteiger partial charge in [0.1, 0.15) is 0 Å². The van der Waals surface area contributed by atoms with E-state index in [0.717, 1.165) is 53.9 Å². The van der Waals surface area contributed by atoms with E-state index < -0.39 is 0 Å². The SMILES string of the molecule is Cc1ccc2nc(C(C)C)cc(C(=O)N3CCNCC3)c2c1. The van der Waals surface area contributed by atoms with E-state index in [1.54, 1.807) is 0 Å². The summed E-state index contributed by atoms with van der Waals surface area (Å²) in [6.45, 7) is 9.55. The quantitative estimate of drug-likeness (QED) is 0.927. The smallest absolute Gasteiger partial charge is 0.254 e. The van der Waals surface area contributed by atoms with Crippen molar-refractivity contribution in [2.45, 2.75) is 26.7 Å². The highest BCUT2D eigenvalue weighted by atomic mass is 16.2. The number of benzene rings is 1. The molecule has 0 spiro atoms. The van der Waals surface area contributed by atoms with Crippen LogP contribution in [0.3, 0.4) is 0 Å². The van der Waals surface area contributed by atoms with Crippen LogP contribution < -0.4 is 5.32 Å². The number of carbonyl (C=O) groups is 1. The minimum atomic E-state index is 0.126. The van der Waals surface area contributed by atoms with E-state index in [1.807, 2.05) is 17.0 Å². The van der Waals surface area contributed by atoms with Gasteiger partial charge >= 0.3 is 0 Å². The molecule has 2 aromatic rings. The van der Waals surface area contributed by atoms with Crippen molar-refractivity contribution >= 4 is 16.8 Å². The summed E-state index contributed by atoms with van der Waals surface area (Å²) in [6, 6.07) is 8.13. The van der Waals surface area contributed by atoms with Gasteiger partial charge in [-0.25, -0.2) is 0 Å². The van der Waals surface area contributed by atoms with Gasteiger partial charge < -0.3 is 10.2 Å². The highest BCUT2D eigenvalue weighted by Gasteiger charge is 2.21. The van der Waals surface area contributed by atoms with Gasteiger partial charge in [-0.2, -0.15) is 0 Å². The Kier molecular flexibility index (Phi) is 4.12. The highest BCUT2D eigenvalue weighted by molar-refractivity contribution is 6.06. The lowest BCUT2D eigenvalue weighted by molar-refractivity contribution is 0.0737. The number of piperazine rings is 1. The highest BCUT2D eigenvalue weighted by Crippen LogP contribution is 2.24. The molecule has 1 N–H and O–H groups in total. The number of nitrogens with zero attached hydrogens (tertiary/aromatic N) is 2. The molecule has 1 aliphatic rings. The molecule has 1 aromatic heterocycles. The summed E-state index contributed by atoms with van der Waals surface area (Å²) in [6.07, 6.45) is 0. The summed E-state index contributed by atoms with van der Waals surface area (Å²) < 4.78 is 0. The number of carbonyl (C=O) groups excluding carboxylic acids is 1. The van der Waals surface area contributed by atoms with Gasteiger partial charge in [-0.1, -0.05) is 25.5 Å². The third kappa shape index (κ3) is 2.83. The molecule has 1 saturated heterocycles. The van der Waals surface area contributed by atoms with Crippen LogP contribution in [0.15, 0.2) is 24.3 Å². The first-order valence-corrected chi connectivity index (χ1v) is 7.97. The van der Waals surface area contributed by atoms with Crippen LogP contribution in [0.5, 0.6) is 0 Å². The Hall–Kier alpha value is -1.94. The number of fused-ring (bicyclic) bond motifs is 1. The summed E-state index contributed by atoms with van der Waals surface area (Å²) in [5.74, 6) is 0.432. The molecule has 0 bridgehead atoms. The van der Waals surface area contributed by atoms with Gasteiger partial charge in [-0.15, -0.1) is 0 Å². The lowest BCUT2D eigenvalue weighted by Crippen LogP contribution is -2.46. The van der Waals surface area contributed by atoms with Gasteiger partial charge in [0.2, 0.25) is 0 Å². The number of aromatic nitrogens is 1. The molecule has 4 nitrogen and oxygen atoms in total. The normalized spacial score (nSPS) is 15.5. The van der Waals surface area contributed by atoms with Crippen LogP contribution in [0, 0.1) is 6.92 Å². The molecular weight excluding hydrogens is 274 g/mol. The predicted molar refractivity (Wildman–Crippen MR) is 89.3 cm³/mol. The maximum absolute atomic E-state index is 13.0. The van der Waals surface area contributed by atoms with Gasteiger partial charge in [0.25, 0.3) is 5.91 Å². The molecule has 22 heavy (non-hydrogen) atoms. The second kappa shape index (κ2) is 6.05. The number of nitrogens with one attached hydrogen (secondary N) is 1. The fourth-order valence-electron chi connectivity index (χ4n) is 2.87. The lowest BCUT2D eigenvalue weighted by atomic mass is 10.0. The maximum Gasteiger partial charge on any atom is 0.254 e. The Morgan fingerprint density at radius 2 is 1.95 bits per heavy atom. The van der Waals surface area contributed by atoms with Crippen LogP contribution in [0.1, 0.15) is 41.4 Å². The molecule has 3 rings (SSSR count). The minimum Gasteiger partial charge on any atom is -0.336 e. The molecule has 0 saturated carbocycles. The second-order valence-corrected chi connectivity index (χ2v) is 6.31. The molecule has 2 heterocycles. The first kappa shape index (κ1) is 15.0. The van der Waals surface area contributed by atoms with E-state index >= 15 is 0 Å². The van der Waals surface area contributed by atoms with Crippen LogP contribution in [0.25, 0.3) is 10.9 Å². The van der Waals surface area contributed by atoms with Gasteiger partial charge in [0.15, 0.2) is 0 Å². The van der Waals surface area contributed by atoms with Crippen molar-refractivity contribution < 1.29 is 4.79 Å². The number of rotatable bonds is 2. The molecule has 1 fully saturated rings. The molecule has 0 atom stereocenters. The van der Waals surface area contributed by atoms with E-state index in [2.05, 4.69) is 38.2 Å². The Labute approximate surface area is 131 Å². The average Bonchev–Trinajstić information content (AvgIpc) is 2.54. The topological polar surface area (TPSA) is 45.2 Å². The summed E-state index contributed by atoms with van der Waals surface area (Å²) in [5.41, 5.74) is 3.84. The molecule has 4 heteroatoms. The third-order valence-electron chi connectivity index (χ3n) is 4.21. The molecule has 0 aliphatic carbocycles. The van der Waals surface area contributed by atoms with Crippen molar-refractivity contribution in [1.29, 1.82) is 0 Å². The van der Waals surface area contributed by atoms with E-state index in [4.69, 9.17) is 4.98 Å². The van der Waals surface area contributed by atoms with Crippen molar-refractivity contribution in [2.75, 3.05) is 26.2 Å². The van der Waals surface area contributed by atoms with Crippen LogP contribution in [0.2, 0.25) is 0 Å². The monoisotopic (exact) mass is 297 g/mol. The zero-order valence-electron chi connectivity index (χ0n) is 13.5. The Morgan fingerprint density at radius 3 is 2.64 bits per heavy atom. The van der Waals surface area contributed by atoms with Crippen molar-refractivity contribution in [1.82, 2.24) is 15.2 Å². The first-order valence-electron chi connectivity index (χ1n) is 7.97. The second-order valence-electron chi connectivity index (χ2n) is 6.31. The van der Waals surface area contributed by atoms with Crippen LogP contribution >= 0.6 is 0 Å². The van der Waals surface area contributed by atoms with Crippen molar-refractivity contribution in [3.05, 3.63) is 41.1 Å². The standard InChI is InChI=1S/C18H23N3O/c1-12(2)17-11-15(18(22)21-8-6-19-7-9-21)14-10-13(3)4-5-16(14)20-17/h4-5,10-12,19H,6-9H2,1-3H3. The zero-order chi connectivity index (χ0) is 15.7. The fourth-order valence-corrected chi connectivity index (χ4v) is 2.87. The van der Waals surface area contributed by atoms with Gasteiger partial charge in [0, 0.05) is 37.3 Å². The molecular formula is C18H23N3O. The number of aryl methyl sites for hydroxylation is 1. The summed E-state index contributed by atoms with van der Waals surface area (Å²) in [7, 11) is 0. The Morgan fingerprint density at radius 1 is 1.23 bits per heavy atom. The van der Waals surface area contributed by atoms with E-state index in [1.165, 1.54) is 0 Å². The summed E-state index contributed by atoms with van der Waals surface area (Å²) in [4.78, 5) is 19.6. The largest absolute Gasteiger partial charge is 0.336 e. The number of hydrogen-bond donors (Lipinski definition) is 1. The summed E-state index contributed by atoms with van der Waals surface area (Å²) in [5, 5.41) is 4.26. The van der Waals surface area contributed by atoms with Crippen LogP contribution in [0.4, 0.5) is 0 Å². The zero-order valence-corrected chi connectivity index (χ0v) is 13.5. The van der Waals surface area contributed by atoms with Gasteiger partial charge in [-0.05, 0) is 31.0 Å². The number of hydrogen-bond acceptors (Lipinski definition) is 3. The lowest BCUT2D eigenvalue weighted by Gasteiger charge is -2.28. The minimum absolute atomic E-state index is 0.126. The van der Waals surface area contributed by atoms with Crippen molar-refractivity contribution in [2.24, 2.45) is 0 Å². The van der Waals surface area contributed by atoms with Crippen molar-refractivity contribution in [3.8, 4) is 0 Å². The van der Waals surface area contributed by atoms with Gasteiger partial charge in [0.05, 0.1) is 11.1 Å². The molecule has 0 radical (unpaired) electrons. The van der Waals surface area contributed by atoms with E-state index in [0.29, 0.717) is 5.92 Å². The number of pyridine rings is 1. The van der Waals surface area contributed by atoms with E-state index in [-0.39, 0.29) is 5.91 Å². The summed E-state index contributed by atoms with van der Waals surface area (Å²) >= 11 is 0. The van der Waals surface area contributed by atoms with Crippen LogP contribution in [-0.2, 0) is 0 Å². The predicted octanol–water partition coefficient (Wildman–Crippen LogP) is 2.71. The van der Waals surface area contributed by atoms with Crippen LogP contribution in [-0.4, -0.2) is 42.0 Å². The molecule has 116 valence electrons. The average molecular weight is 297 g/mol. The molecule has 0 unspecified atom stereocenters. The molecule has 1 aliphatic heterocycles.